The van der Waals surface area contributed by atoms with E-state index < -0.39 is 0 Å². The maximum absolute atomic E-state index is 12.9. The Labute approximate surface area is 172 Å². The predicted molar refractivity (Wildman–Crippen MR) is 117 cm³/mol. The van der Waals surface area contributed by atoms with Crippen molar-refractivity contribution in [3.63, 3.8) is 0 Å². The molecule has 1 amide bonds. The van der Waals surface area contributed by atoms with Gasteiger partial charge in [0.05, 0.1) is 28.6 Å². The summed E-state index contributed by atoms with van der Waals surface area (Å²) in [7, 11) is 0. The second-order valence-corrected chi connectivity index (χ2v) is 8.31. The molecular weight excluding hydrogens is 390 g/mol. The number of thiophene rings is 1. The molecule has 0 spiro atoms. The normalized spacial score (nSPS) is 11.1. The number of carbonyl (C=O) groups is 1. The van der Waals surface area contributed by atoms with Crippen molar-refractivity contribution < 1.29 is 4.79 Å². The number of anilines is 1. The van der Waals surface area contributed by atoms with E-state index in [0.717, 1.165) is 27.2 Å². The lowest BCUT2D eigenvalue weighted by Crippen LogP contribution is -2.12. The van der Waals surface area contributed by atoms with Crippen molar-refractivity contribution >= 4 is 44.6 Å². The van der Waals surface area contributed by atoms with Crippen LogP contribution in [-0.2, 0) is 6.54 Å². The Balaban J connectivity index is 1.60. The Bertz CT molecular complexity index is 1170. The Hall–Kier alpha value is -2.63. The third kappa shape index (κ3) is 3.43. The number of nitrogens with zero attached hydrogens (tertiary/aromatic N) is 2. The molecule has 28 heavy (non-hydrogen) atoms. The molecule has 0 saturated heterocycles. The van der Waals surface area contributed by atoms with Gasteiger partial charge in [-0.05, 0) is 32.4 Å². The predicted octanol–water partition coefficient (Wildman–Crippen LogP) is 5.98. The summed E-state index contributed by atoms with van der Waals surface area (Å²) in [5, 5.41) is 9.03. The third-order valence-electron chi connectivity index (χ3n) is 4.81. The van der Waals surface area contributed by atoms with Crippen LogP contribution in [0.5, 0.6) is 0 Å². The lowest BCUT2D eigenvalue weighted by molar-refractivity contribution is 0.103. The third-order valence-corrected chi connectivity index (χ3v) is 6.49. The van der Waals surface area contributed by atoms with Gasteiger partial charge in [0.1, 0.15) is 4.88 Å². The summed E-state index contributed by atoms with van der Waals surface area (Å²) in [5.41, 5.74) is 4.84. The van der Waals surface area contributed by atoms with Gasteiger partial charge in [0.25, 0.3) is 5.91 Å². The van der Waals surface area contributed by atoms with Crippen LogP contribution in [0.2, 0.25) is 5.02 Å². The molecule has 0 fully saturated rings. The van der Waals surface area contributed by atoms with Crippen LogP contribution >= 0.6 is 22.9 Å². The van der Waals surface area contributed by atoms with Gasteiger partial charge < -0.3 is 5.32 Å². The number of halogens is 1. The van der Waals surface area contributed by atoms with E-state index in [2.05, 4.69) is 41.6 Å². The molecule has 4 nitrogen and oxygen atoms in total. The largest absolute Gasteiger partial charge is 0.318 e. The lowest BCUT2D eigenvalue weighted by atomic mass is 10.1. The van der Waals surface area contributed by atoms with Gasteiger partial charge >= 0.3 is 0 Å². The van der Waals surface area contributed by atoms with Crippen molar-refractivity contribution in [3.8, 4) is 0 Å². The first-order valence-corrected chi connectivity index (χ1v) is 10.2. The first-order chi connectivity index (χ1) is 13.4. The number of hydrogen-bond acceptors (Lipinski definition) is 3. The molecule has 0 aliphatic rings. The van der Waals surface area contributed by atoms with Crippen LogP contribution in [0.25, 0.3) is 10.1 Å². The number of aromatic nitrogens is 2. The zero-order valence-electron chi connectivity index (χ0n) is 15.9. The fourth-order valence-electron chi connectivity index (χ4n) is 3.23. The number of benzene rings is 2. The maximum Gasteiger partial charge on any atom is 0.267 e. The van der Waals surface area contributed by atoms with Gasteiger partial charge in [-0.3, -0.25) is 9.48 Å². The second kappa shape index (κ2) is 7.41. The van der Waals surface area contributed by atoms with E-state index in [9.17, 15) is 4.79 Å². The summed E-state index contributed by atoms with van der Waals surface area (Å²) >= 11 is 7.85. The number of aryl methyl sites for hydroxylation is 2. The van der Waals surface area contributed by atoms with Gasteiger partial charge in [-0.15, -0.1) is 11.3 Å². The van der Waals surface area contributed by atoms with Gasteiger partial charge in [-0.2, -0.15) is 5.10 Å². The molecule has 4 rings (SSSR count). The van der Waals surface area contributed by atoms with E-state index >= 15 is 0 Å². The molecular formula is C22H20ClN3OS. The van der Waals surface area contributed by atoms with E-state index in [0.29, 0.717) is 16.4 Å². The molecule has 2 aromatic heterocycles. The highest BCUT2D eigenvalue weighted by Crippen LogP contribution is 2.36. The van der Waals surface area contributed by atoms with Crippen molar-refractivity contribution in [2.75, 3.05) is 5.32 Å². The van der Waals surface area contributed by atoms with E-state index in [1.165, 1.54) is 22.5 Å². The highest BCUT2D eigenvalue weighted by Gasteiger charge is 2.20. The number of rotatable bonds is 4. The van der Waals surface area contributed by atoms with Crippen LogP contribution in [0, 0.1) is 20.8 Å². The van der Waals surface area contributed by atoms with Crippen molar-refractivity contribution in [2.24, 2.45) is 0 Å². The molecule has 0 atom stereocenters. The van der Waals surface area contributed by atoms with Crippen molar-refractivity contribution in [3.05, 3.63) is 80.9 Å². The smallest absolute Gasteiger partial charge is 0.267 e. The molecule has 0 radical (unpaired) electrons. The molecule has 0 aliphatic carbocycles. The van der Waals surface area contributed by atoms with Crippen molar-refractivity contribution in [2.45, 2.75) is 27.3 Å². The summed E-state index contributed by atoms with van der Waals surface area (Å²) in [4.78, 5) is 13.4. The SMILES string of the molecule is Cc1ccc(Cn2nc(C)c(NC(=O)c3sc4ccccc4c3Cl)c2C)cc1. The Morgan fingerprint density at radius 1 is 1.11 bits per heavy atom. The minimum atomic E-state index is -0.202. The molecule has 0 bridgehead atoms. The maximum atomic E-state index is 12.9. The van der Waals surface area contributed by atoms with Crippen LogP contribution in [0.1, 0.15) is 32.2 Å². The van der Waals surface area contributed by atoms with Crippen molar-refractivity contribution in [1.29, 1.82) is 0 Å². The molecule has 142 valence electrons. The monoisotopic (exact) mass is 409 g/mol. The summed E-state index contributed by atoms with van der Waals surface area (Å²) < 4.78 is 2.92. The van der Waals surface area contributed by atoms with Gasteiger partial charge in [0.15, 0.2) is 0 Å². The average molecular weight is 410 g/mol. The molecule has 2 heterocycles. The minimum absolute atomic E-state index is 0.202. The van der Waals surface area contributed by atoms with Gasteiger partial charge in [-0.25, -0.2) is 0 Å². The van der Waals surface area contributed by atoms with Gasteiger partial charge in [0.2, 0.25) is 0 Å². The number of hydrogen-bond donors (Lipinski definition) is 1. The topological polar surface area (TPSA) is 46.9 Å². The Morgan fingerprint density at radius 2 is 1.82 bits per heavy atom. The minimum Gasteiger partial charge on any atom is -0.318 e. The Kier molecular flexibility index (Phi) is 4.96. The number of fused-ring (bicyclic) bond motifs is 1. The van der Waals surface area contributed by atoms with E-state index in [4.69, 9.17) is 11.6 Å². The fourth-order valence-corrected chi connectivity index (χ4v) is 4.64. The first kappa shape index (κ1) is 18.7. The van der Waals surface area contributed by atoms with Crippen LogP contribution < -0.4 is 5.32 Å². The summed E-state index contributed by atoms with van der Waals surface area (Å²) in [5.74, 6) is -0.202. The lowest BCUT2D eigenvalue weighted by Gasteiger charge is -2.07. The first-order valence-electron chi connectivity index (χ1n) is 9.02. The van der Waals surface area contributed by atoms with E-state index in [-0.39, 0.29) is 5.91 Å². The standard InChI is InChI=1S/C22H20ClN3OS/c1-13-8-10-16(11-9-13)12-26-15(3)20(14(2)25-26)24-22(27)21-19(23)17-6-4-5-7-18(17)28-21/h4-11H,12H2,1-3H3,(H,24,27). The highest BCUT2D eigenvalue weighted by atomic mass is 35.5. The summed E-state index contributed by atoms with van der Waals surface area (Å²) in [6.45, 7) is 6.60. The molecule has 1 N–H and O–H groups in total. The van der Waals surface area contributed by atoms with E-state index in [1.807, 2.05) is 42.8 Å². The van der Waals surface area contributed by atoms with Crippen LogP contribution in [0.15, 0.2) is 48.5 Å². The molecule has 2 aromatic carbocycles. The van der Waals surface area contributed by atoms with Gasteiger partial charge in [-0.1, -0.05) is 59.6 Å². The fraction of sp³-hybridized carbons (Fsp3) is 0.182. The number of nitrogens with one attached hydrogen (secondary N) is 1. The summed E-state index contributed by atoms with van der Waals surface area (Å²) in [6.07, 6.45) is 0. The number of amides is 1. The zero-order chi connectivity index (χ0) is 19.8. The molecule has 4 aromatic rings. The van der Waals surface area contributed by atoms with Crippen LogP contribution in [0.3, 0.4) is 0 Å². The van der Waals surface area contributed by atoms with Crippen LogP contribution in [0.4, 0.5) is 5.69 Å². The number of carbonyl (C=O) groups excluding carboxylic acids is 1. The van der Waals surface area contributed by atoms with Crippen LogP contribution in [-0.4, -0.2) is 15.7 Å². The summed E-state index contributed by atoms with van der Waals surface area (Å²) in [6, 6.07) is 16.1. The van der Waals surface area contributed by atoms with E-state index in [1.54, 1.807) is 0 Å². The molecule has 0 aliphatic heterocycles. The molecule has 0 saturated carbocycles. The quantitative estimate of drug-likeness (QED) is 0.450. The van der Waals surface area contributed by atoms with Gasteiger partial charge in [0, 0.05) is 10.1 Å². The average Bonchev–Trinajstić information content (AvgIpc) is 3.15. The molecule has 0 unspecified atom stereocenters. The van der Waals surface area contributed by atoms with Crippen molar-refractivity contribution in [1.82, 2.24) is 9.78 Å². The Morgan fingerprint density at radius 3 is 2.54 bits per heavy atom. The highest BCUT2D eigenvalue weighted by molar-refractivity contribution is 7.21. The molecule has 6 heteroatoms. The second-order valence-electron chi connectivity index (χ2n) is 6.88. The zero-order valence-corrected chi connectivity index (χ0v) is 17.5.